The number of rotatable bonds is 4. The Bertz CT molecular complexity index is 232. The Morgan fingerprint density at radius 2 is 1.40 bits per heavy atom. The van der Waals surface area contributed by atoms with E-state index >= 15 is 0 Å². The molecule has 0 aliphatic heterocycles. The van der Waals surface area contributed by atoms with Crippen molar-refractivity contribution in [3.63, 3.8) is 0 Å². The summed E-state index contributed by atoms with van der Waals surface area (Å²) < 4.78 is 98.1. The Hall–Kier alpha value is -1.02. The van der Waals surface area contributed by atoms with Gasteiger partial charge in [0, 0.05) is 0 Å². The maximum Gasteiger partial charge on any atom is 0.467 e. The minimum atomic E-state index is -6.11. The molecule has 0 rings (SSSR count). The highest BCUT2D eigenvalue weighted by Gasteiger charge is 2.71. The van der Waals surface area contributed by atoms with Crippen LogP contribution in [0.25, 0.3) is 0 Å². The molecule has 0 aromatic rings. The van der Waals surface area contributed by atoms with Crippen LogP contribution in [0.5, 0.6) is 0 Å². The van der Waals surface area contributed by atoms with Crippen LogP contribution in [0.15, 0.2) is 12.8 Å². The van der Waals surface area contributed by atoms with Crippen LogP contribution in [0.2, 0.25) is 0 Å². The van der Waals surface area contributed by atoms with E-state index in [2.05, 4.69) is 11.3 Å². The van der Waals surface area contributed by atoms with Gasteiger partial charge in [0.05, 0.1) is 6.26 Å². The van der Waals surface area contributed by atoms with Crippen LogP contribution < -0.4 is 0 Å². The molecule has 0 aromatic heterocycles. The van der Waals surface area contributed by atoms with Gasteiger partial charge in [-0.2, -0.15) is 30.7 Å². The molecule has 90 valence electrons. The standard InChI is InChI=1S/C6H4F8O/c1-2-15-6(13,14)4(8,9)3(7)5(10,11)12/h2-3H,1H2. The van der Waals surface area contributed by atoms with Crippen LogP contribution in [0, 0.1) is 0 Å². The molecule has 0 amide bonds. The number of hydrogen-bond donors (Lipinski definition) is 0. The fourth-order valence-electron chi connectivity index (χ4n) is 0.536. The van der Waals surface area contributed by atoms with Crippen LogP contribution in [0.3, 0.4) is 0 Å². The highest BCUT2D eigenvalue weighted by atomic mass is 19.4. The molecular weight excluding hydrogens is 240 g/mol. The lowest BCUT2D eigenvalue weighted by atomic mass is 10.2. The Kier molecular flexibility index (Phi) is 3.59. The number of ether oxygens (including phenoxy) is 1. The van der Waals surface area contributed by atoms with Gasteiger partial charge in [0.15, 0.2) is 0 Å². The van der Waals surface area contributed by atoms with Crippen LogP contribution in [0.1, 0.15) is 0 Å². The normalized spacial score (nSPS) is 16.0. The average molecular weight is 244 g/mol. The second kappa shape index (κ2) is 3.86. The molecule has 0 N–H and O–H groups in total. The van der Waals surface area contributed by atoms with Gasteiger partial charge in [-0.05, 0) is 0 Å². The second-order valence-electron chi connectivity index (χ2n) is 2.33. The predicted octanol–water partition coefficient (Wildman–Crippen LogP) is 3.28. The van der Waals surface area contributed by atoms with E-state index in [4.69, 9.17) is 0 Å². The van der Waals surface area contributed by atoms with Crippen molar-refractivity contribution in [3.05, 3.63) is 12.8 Å². The Balaban J connectivity index is 5.03. The van der Waals surface area contributed by atoms with Crippen LogP contribution in [0.4, 0.5) is 35.1 Å². The summed E-state index contributed by atoms with van der Waals surface area (Å²) in [5.74, 6) is -6.03. The molecule has 0 heterocycles. The average Bonchev–Trinajstić information content (AvgIpc) is 2.00. The van der Waals surface area contributed by atoms with E-state index in [0.29, 0.717) is 0 Å². The molecule has 0 fully saturated rings. The minimum absolute atomic E-state index is 0.211. The molecule has 9 heteroatoms. The first-order valence-electron chi connectivity index (χ1n) is 3.22. The summed E-state index contributed by atoms with van der Waals surface area (Å²) in [5.41, 5.74) is 0. The van der Waals surface area contributed by atoms with Gasteiger partial charge in [0.1, 0.15) is 0 Å². The quantitative estimate of drug-likeness (QED) is 0.544. The number of hydrogen-bond acceptors (Lipinski definition) is 1. The zero-order valence-corrected chi connectivity index (χ0v) is 6.79. The molecule has 0 spiro atoms. The third kappa shape index (κ3) is 2.72. The van der Waals surface area contributed by atoms with E-state index in [0.717, 1.165) is 0 Å². The van der Waals surface area contributed by atoms with Crippen LogP contribution in [-0.4, -0.2) is 24.4 Å². The lowest BCUT2D eigenvalue weighted by Gasteiger charge is -2.28. The Morgan fingerprint density at radius 1 is 1.00 bits per heavy atom. The lowest BCUT2D eigenvalue weighted by Crippen LogP contribution is -2.54. The van der Waals surface area contributed by atoms with Crippen molar-refractivity contribution in [1.29, 1.82) is 0 Å². The van der Waals surface area contributed by atoms with E-state index in [-0.39, 0.29) is 6.26 Å². The van der Waals surface area contributed by atoms with E-state index in [9.17, 15) is 35.1 Å². The van der Waals surface area contributed by atoms with Gasteiger partial charge in [-0.25, -0.2) is 4.39 Å². The maximum absolute atomic E-state index is 12.3. The van der Waals surface area contributed by atoms with Crippen molar-refractivity contribution in [2.75, 3.05) is 0 Å². The molecule has 0 aliphatic carbocycles. The summed E-state index contributed by atoms with van der Waals surface area (Å²) in [7, 11) is 0. The molecule has 1 unspecified atom stereocenters. The third-order valence-corrected chi connectivity index (χ3v) is 1.23. The molecule has 0 aromatic carbocycles. The van der Waals surface area contributed by atoms with Crippen LogP contribution >= 0.6 is 0 Å². The van der Waals surface area contributed by atoms with E-state index < -0.39 is 24.4 Å². The fraction of sp³-hybridized carbons (Fsp3) is 0.667. The molecule has 0 saturated carbocycles. The van der Waals surface area contributed by atoms with Crippen molar-refractivity contribution in [3.8, 4) is 0 Å². The van der Waals surface area contributed by atoms with Crippen molar-refractivity contribution in [1.82, 2.24) is 0 Å². The Morgan fingerprint density at radius 3 is 1.67 bits per heavy atom. The van der Waals surface area contributed by atoms with Crippen LogP contribution in [-0.2, 0) is 4.74 Å². The van der Waals surface area contributed by atoms with Gasteiger partial charge in [-0.15, -0.1) is 0 Å². The maximum atomic E-state index is 12.3. The summed E-state index contributed by atoms with van der Waals surface area (Å²) in [6, 6.07) is 0. The lowest BCUT2D eigenvalue weighted by molar-refractivity contribution is -0.373. The smallest absolute Gasteiger partial charge is 0.437 e. The summed E-state index contributed by atoms with van der Waals surface area (Å²) in [6.07, 6.45) is -17.0. The van der Waals surface area contributed by atoms with Gasteiger partial charge < -0.3 is 4.74 Å². The predicted molar refractivity (Wildman–Crippen MR) is 32.1 cm³/mol. The van der Waals surface area contributed by atoms with Gasteiger partial charge in [-0.1, -0.05) is 6.58 Å². The Labute approximate surface area is 78.3 Å². The topological polar surface area (TPSA) is 9.23 Å². The number of alkyl halides is 8. The summed E-state index contributed by atoms with van der Waals surface area (Å²) >= 11 is 0. The second-order valence-corrected chi connectivity index (χ2v) is 2.33. The third-order valence-electron chi connectivity index (χ3n) is 1.23. The highest BCUT2D eigenvalue weighted by Crippen LogP contribution is 2.44. The SMILES string of the molecule is C=COC(F)(F)C(F)(F)C(F)C(F)(F)F. The molecule has 1 nitrogen and oxygen atoms in total. The van der Waals surface area contributed by atoms with E-state index in [1.807, 2.05) is 0 Å². The highest BCUT2D eigenvalue weighted by molar-refractivity contribution is 4.90. The summed E-state index contributed by atoms with van der Waals surface area (Å²) in [6.45, 7) is 2.44. The monoisotopic (exact) mass is 244 g/mol. The molecule has 0 saturated heterocycles. The van der Waals surface area contributed by atoms with Gasteiger partial charge in [0.25, 0.3) is 6.17 Å². The summed E-state index contributed by atoms with van der Waals surface area (Å²) in [4.78, 5) is 0. The first kappa shape index (κ1) is 14.0. The van der Waals surface area contributed by atoms with Crippen molar-refractivity contribution >= 4 is 0 Å². The summed E-state index contributed by atoms with van der Waals surface area (Å²) in [5, 5.41) is 0. The molecule has 0 bridgehead atoms. The van der Waals surface area contributed by atoms with E-state index in [1.54, 1.807) is 0 Å². The van der Waals surface area contributed by atoms with Crippen molar-refractivity contribution < 1.29 is 39.9 Å². The molecule has 0 aliphatic rings. The zero-order chi connectivity index (χ0) is 12.5. The molecule has 0 radical (unpaired) electrons. The first-order chi connectivity index (χ1) is 6.47. The van der Waals surface area contributed by atoms with Gasteiger partial charge in [0.2, 0.25) is 0 Å². The van der Waals surface area contributed by atoms with E-state index in [1.165, 1.54) is 0 Å². The van der Waals surface area contributed by atoms with Gasteiger partial charge >= 0.3 is 18.2 Å². The van der Waals surface area contributed by atoms with Crippen molar-refractivity contribution in [2.45, 2.75) is 24.4 Å². The molecular formula is C6H4F8O. The zero-order valence-electron chi connectivity index (χ0n) is 6.79. The largest absolute Gasteiger partial charge is 0.467 e. The number of halogens is 8. The van der Waals surface area contributed by atoms with Crippen molar-refractivity contribution in [2.24, 2.45) is 0 Å². The fourth-order valence-corrected chi connectivity index (χ4v) is 0.536. The van der Waals surface area contributed by atoms with Gasteiger partial charge in [-0.3, -0.25) is 0 Å². The minimum Gasteiger partial charge on any atom is -0.437 e. The first-order valence-corrected chi connectivity index (χ1v) is 3.22. The molecule has 1 atom stereocenters. The molecule has 15 heavy (non-hydrogen) atoms.